The second-order valence-electron chi connectivity index (χ2n) is 8.60. The summed E-state index contributed by atoms with van der Waals surface area (Å²) in [5.41, 5.74) is -2.33. The van der Waals surface area contributed by atoms with Crippen LogP contribution < -0.4 is 10.2 Å². The first-order valence-corrected chi connectivity index (χ1v) is 8.93. The van der Waals surface area contributed by atoms with Gasteiger partial charge in [0.25, 0.3) is 0 Å². The van der Waals surface area contributed by atoms with Gasteiger partial charge in [0.1, 0.15) is 23.5 Å². The first-order chi connectivity index (χ1) is 12.4. The first-order valence-electron chi connectivity index (χ1n) is 8.93. The molecule has 0 aliphatic carbocycles. The van der Waals surface area contributed by atoms with Gasteiger partial charge in [0.05, 0.1) is 0 Å². The Labute approximate surface area is 182 Å². The largest absolute Gasteiger partial charge is 2.00 e. The van der Waals surface area contributed by atoms with Crippen molar-refractivity contribution in [2.75, 3.05) is 0 Å². The van der Waals surface area contributed by atoms with E-state index in [1.807, 2.05) is 0 Å². The summed E-state index contributed by atoms with van der Waals surface area (Å²) in [5, 5.41) is 20.7. The Morgan fingerprint density at radius 2 is 0.828 bits per heavy atom. The maximum atomic E-state index is 11.3. The molecule has 0 spiro atoms. The predicted molar refractivity (Wildman–Crippen MR) is 96.5 cm³/mol. The van der Waals surface area contributed by atoms with Gasteiger partial charge in [-0.25, -0.2) is 0 Å². The molecule has 1 radical (unpaired) electrons. The molecule has 169 valence electrons. The van der Waals surface area contributed by atoms with Crippen molar-refractivity contribution in [2.45, 2.75) is 68.2 Å². The molecule has 0 aromatic heterocycles. The standard InChI is InChI=1S/2C10H16O4.Cu/c2*1-6(2)7(11)5-10(3,4)8(12)9(13)14;/h2*6H,5H2,1-4H3,(H,13,14);/q;;+2/p-2. The molecule has 29 heavy (non-hydrogen) atoms. The smallest absolute Gasteiger partial charge is 0.542 e. The van der Waals surface area contributed by atoms with E-state index in [9.17, 15) is 39.0 Å². The number of ketones is 4. The van der Waals surface area contributed by atoms with Crippen LogP contribution in [0.1, 0.15) is 68.2 Å². The van der Waals surface area contributed by atoms with Crippen LogP contribution in [0.25, 0.3) is 0 Å². The molecule has 0 aromatic carbocycles. The molecule has 0 amide bonds. The van der Waals surface area contributed by atoms with Gasteiger partial charge in [-0.3, -0.25) is 19.2 Å². The van der Waals surface area contributed by atoms with Crippen molar-refractivity contribution in [3.8, 4) is 0 Å². The summed E-state index contributed by atoms with van der Waals surface area (Å²) in [5.74, 6) is -6.13. The summed E-state index contributed by atoms with van der Waals surface area (Å²) in [7, 11) is 0. The van der Waals surface area contributed by atoms with E-state index in [1.54, 1.807) is 27.7 Å². The zero-order valence-electron chi connectivity index (χ0n) is 18.1. The van der Waals surface area contributed by atoms with Gasteiger partial charge in [0.15, 0.2) is 11.6 Å². The maximum absolute atomic E-state index is 11.3. The number of carboxylic acid groups (broad SMARTS) is 2. The number of carbonyl (C=O) groups excluding carboxylic acids is 6. The molecule has 8 nitrogen and oxygen atoms in total. The summed E-state index contributed by atoms with van der Waals surface area (Å²) in [6.45, 7) is 12.6. The van der Waals surface area contributed by atoms with Crippen LogP contribution in [-0.4, -0.2) is 35.1 Å². The molecule has 0 unspecified atom stereocenters. The van der Waals surface area contributed by atoms with E-state index in [0.29, 0.717) is 0 Å². The summed E-state index contributed by atoms with van der Waals surface area (Å²) in [4.78, 5) is 65.5. The molecule has 0 heterocycles. The molecule has 0 saturated carbocycles. The molecule has 0 saturated heterocycles. The number of carboxylic acids is 2. The minimum Gasteiger partial charge on any atom is -0.542 e. The van der Waals surface area contributed by atoms with Crippen molar-refractivity contribution in [1.82, 2.24) is 0 Å². The second kappa shape index (κ2) is 12.6. The number of aliphatic carboxylic acids is 2. The van der Waals surface area contributed by atoms with Crippen LogP contribution in [-0.2, 0) is 45.8 Å². The number of Topliss-reactive ketones (excluding diaryl/α,β-unsaturated/α-hetero) is 4. The van der Waals surface area contributed by atoms with E-state index in [2.05, 4.69) is 0 Å². The Morgan fingerprint density at radius 1 is 0.621 bits per heavy atom. The molecule has 0 aliphatic heterocycles. The molecule has 0 rings (SSSR count). The quantitative estimate of drug-likeness (QED) is 0.323. The fraction of sp³-hybridized carbons (Fsp3) is 0.700. The van der Waals surface area contributed by atoms with Crippen molar-refractivity contribution >= 4 is 35.1 Å². The number of hydrogen-bond acceptors (Lipinski definition) is 8. The van der Waals surface area contributed by atoms with E-state index in [4.69, 9.17) is 0 Å². The van der Waals surface area contributed by atoms with Gasteiger partial charge < -0.3 is 19.8 Å². The molecule has 0 atom stereocenters. The molecule has 0 N–H and O–H groups in total. The second-order valence-corrected chi connectivity index (χ2v) is 8.60. The van der Waals surface area contributed by atoms with Crippen LogP contribution >= 0.6 is 0 Å². The minimum absolute atomic E-state index is 0. The van der Waals surface area contributed by atoms with Gasteiger partial charge in [-0.15, -0.1) is 0 Å². The van der Waals surface area contributed by atoms with E-state index in [-0.39, 0.29) is 53.3 Å². The first kappa shape index (κ1) is 31.8. The van der Waals surface area contributed by atoms with Crippen LogP contribution in [0.4, 0.5) is 0 Å². The molecule has 0 aromatic rings. The van der Waals surface area contributed by atoms with Gasteiger partial charge >= 0.3 is 17.1 Å². The van der Waals surface area contributed by atoms with Crippen molar-refractivity contribution in [1.29, 1.82) is 0 Å². The van der Waals surface area contributed by atoms with Crippen LogP contribution in [0.15, 0.2) is 0 Å². The van der Waals surface area contributed by atoms with E-state index in [0.717, 1.165) is 0 Å². The van der Waals surface area contributed by atoms with Crippen molar-refractivity contribution in [3.05, 3.63) is 0 Å². The monoisotopic (exact) mass is 461 g/mol. The molecule has 0 aliphatic rings. The Kier molecular flexibility index (Phi) is 13.9. The average Bonchev–Trinajstić information content (AvgIpc) is 2.52. The van der Waals surface area contributed by atoms with Crippen molar-refractivity contribution < 1.29 is 56.0 Å². The van der Waals surface area contributed by atoms with Gasteiger partial charge in [-0.1, -0.05) is 55.4 Å². The van der Waals surface area contributed by atoms with Crippen molar-refractivity contribution in [3.63, 3.8) is 0 Å². The number of hydrogen-bond donors (Lipinski definition) is 0. The van der Waals surface area contributed by atoms with Crippen LogP contribution in [0.3, 0.4) is 0 Å². The van der Waals surface area contributed by atoms with Crippen LogP contribution in [0, 0.1) is 22.7 Å². The zero-order chi connectivity index (χ0) is 23.0. The summed E-state index contributed by atoms with van der Waals surface area (Å²) in [6.07, 6.45) is -0.116. The fourth-order valence-electron chi connectivity index (χ4n) is 1.99. The molecular weight excluding hydrogens is 432 g/mol. The molecule has 9 heteroatoms. The van der Waals surface area contributed by atoms with Gasteiger partial charge in [-0.2, -0.15) is 0 Å². The summed E-state index contributed by atoms with van der Waals surface area (Å²) in [6, 6.07) is 0. The Morgan fingerprint density at radius 3 is 0.966 bits per heavy atom. The third-order valence-corrected chi connectivity index (χ3v) is 4.12. The Balaban J connectivity index is -0.000000451. The Hall–Kier alpha value is -1.86. The minimum atomic E-state index is -1.73. The number of rotatable bonds is 10. The normalized spacial score (nSPS) is 11.1. The SMILES string of the molecule is CC(C)C(=O)CC(C)(C)C(=O)C(=O)[O-].CC(C)C(=O)CC(C)(C)C(=O)C(=O)[O-].[Cu+2]. The van der Waals surface area contributed by atoms with Gasteiger partial charge in [-0.05, 0) is 0 Å². The van der Waals surface area contributed by atoms with E-state index >= 15 is 0 Å². The third-order valence-electron chi connectivity index (χ3n) is 4.12. The molecule has 0 fully saturated rings. The summed E-state index contributed by atoms with van der Waals surface area (Å²) < 4.78 is 0. The fourth-order valence-corrected chi connectivity index (χ4v) is 1.99. The number of carbonyl (C=O) groups is 6. The van der Waals surface area contributed by atoms with Crippen molar-refractivity contribution in [2.24, 2.45) is 22.7 Å². The third kappa shape index (κ3) is 11.7. The van der Waals surface area contributed by atoms with E-state index in [1.165, 1.54) is 27.7 Å². The summed E-state index contributed by atoms with van der Waals surface area (Å²) >= 11 is 0. The zero-order valence-corrected chi connectivity index (χ0v) is 19.1. The maximum Gasteiger partial charge on any atom is 2.00 e. The van der Waals surface area contributed by atoms with Gasteiger partial charge in [0.2, 0.25) is 0 Å². The Bertz CT molecular complexity index is 589. The van der Waals surface area contributed by atoms with Crippen LogP contribution in [0.2, 0.25) is 0 Å². The average molecular weight is 462 g/mol. The van der Waals surface area contributed by atoms with Gasteiger partial charge in [0, 0.05) is 35.5 Å². The topological polar surface area (TPSA) is 149 Å². The van der Waals surface area contributed by atoms with Crippen LogP contribution in [0.5, 0.6) is 0 Å². The molecule has 0 bridgehead atoms. The predicted octanol–water partition coefficient (Wildman–Crippen LogP) is -0.109. The molecular formula is C20H30CuO8. The van der Waals surface area contributed by atoms with E-state index < -0.39 is 34.3 Å².